The Bertz CT molecular complexity index is 2110. The van der Waals surface area contributed by atoms with Crippen molar-refractivity contribution in [1.29, 1.82) is 0 Å². The van der Waals surface area contributed by atoms with Crippen LogP contribution in [-0.4, -0.2) is 96.4 Å². The van der Waals surface area contributed by atoms with E-state index in [0.29, 0.717) is 75.5 Å². The summed E-state index contributed by atoms with van der Waals surface area (Å²) in [6.45, 7) is 7.38. The minimum Gasteiger partial charge on any atom is -0.378 e. The lowest BCUT2D eigenvalue weighted by molar-refractivity contribution is -0.119. The maximum absolute atomic E-state index is 14.3. The van der Waals surface area contributed by atoms with Crippen LogP contribution in [0.1, 0.15) is 36.6 Å². The monoisotopic (exact) mass is 812 g/mol. The molecule has 0 spiro atoms. The first-order valence-corrected chi connectivity index (χ1v) is 19.1. The summed E-state index contributed by atoms with van der Waals surface area (Å²) in [5.41, 5.74) is 1.64. The predicted molar refractivity (Wildman–Crippen MR) is 207 cm³/mol. The van der Waals surface area contributed by atoms with E-state index in [1.165, 1.54) is 0 Å². The number of nitrogens with one attached hydrogen (secondary N) is 2. The molecule has 0 bridgehead atoms. The van der Waals surface area contributed by atoms with E-state index >= 15 is 0 Å². The van der Waals surface area contributed by atoms with Gasteiger partial charge in [0.25, 0.3) is 11.1 Å². The Morgan fingerprint density at radius 2 is 1.07 bits per heavy atom. The molecule has 2 atom stereocenters. The van der Waals surface area contributed by atoms with Crippen molar-refractivity contribution in [3.63, 3.8) is 0 Å². The van der Waals surface area contributed by atoms with E-state index in [1.807, 2.05) is 26.0 Å². The summed E-state index contributed by atoms with van der Waals surface area (Å²) in [6.07, 6.45) is 1.05. The number of hydrogen-bond acceptors (Lipinski definition) is 10. The van der Waals surface area contributed by atoms with Gasteiger partial charge in [-0.2, -0.15) is 8.78 Å². The highest BCUT2D eigenvalue weighted by Crippen LogP contribution is 2.38. The van der Waals surface area contributed by atoms with Crippen LogP contribution in [0.15, 0.2) is 46.0 Å². The number of morpholine rings is 2. The lowest BCUT2D eigenvalue weighted by Crippen LogP contribution is -2.40. The molecule has 4 aliphatic heterocycles. The Morgan fingerprint density at radius 1 is 0.696 bits per heavy atom. The number of anilines is 4. The molecular formula is C38H40Cl2F2N8O6. The van der Waals surface area contributed by atoms with Crippen LogP contribution in [0.2, 0.25) is 10.0 Å². The molecule has 14 nitrogen and oxygen atoms in total. The summed E-state index contributed by atoms with van der Waals surface area (Å²) < 4.78 is 39.1. The van der Waals surface area contributed by atoms with Crippen molar-refractivity contribution in [3.8, 4) is 0 Å². The van der Waals surface area contributed by atoms with Crippen LogP contribution in [0, 0.1) is 11.6 Å². The van der Waals surface area contributed by atoms with Crippen LogP contribution in [0.25, 0.3) is 0 Å². The van der Waals surface area contributed by atoms with Gasteiger partial charge in [-0.3, -0.25) is 19.2 Å². The Labute approximate surface area is 330 Å². The van der Waals surface area contributed by atoms with Crippen LogP contribution in [0.5, 0.6) is 0 Å². The van der Waals surface area contributed by atoms with Crippen molar-refractivity contribution < 1.29 is 27.8 Å². The molecular weight excluding hydrogens is 773 g/mol. The van der Waals surface area contributed by atoms with Gasteiger partial charge in [0.1, 0.15) is 11.6 Å². The summed E-state index contributed by atoms with van der Waals surface area (Å²) in [6, 6.07) is 10.8. The molecule has 2 aromatic carbocycles. The van der Waals surface area contributed by atoms with E-state index in [1.54, 1.807) is 43.9 Å². The average Bonchev–Trinajstić information content (AvgIpc) is 3.72. The number of H-pyrrole nitrogens is 2. The highest BCUT2D eigenvalue weighted by molar-refractivity contribution is 6.32. The molecule has 296 valence electrons. The standard InChI is InChI=1S/2C19H20ClFN4O3/c2*1-11-9-12-13(20)3-2-4-14(12)25(11)16(26)10-15-22-18(17(21)19(27)23-15)24-5-7-28-8-6-24/h2*2-4,11H,5-10H2,1H3,(H,22,23,27). The molecule has 2 amide bonds. The first-order valence-electron chi connectivity index (χ1n) is 18.3. The maximum atomic E-state index is 14.3. The van der Waals surface area contributed by atoms with E-state index in [-0.39, 0.29) is 60.0 Å². The number of halogens is 4. The van der Waals surface area contributed by atoms with E-state index < -0.39 is 22.8 Å². The van der Waals surface area contributed by atoms with Gasteiger partial charge in [-0.15, -0.1) is 0 Å². The van der Waals surface area contributed by atoms with Gasteiger partial charge in [-0.1, -0.05) is 35.3 Å². The van der Waals surface area contributed by atoms with Gasteiger partial charge in [-0.25, -0.2) is 9.97 Å². The average molecular weight is 814 g/mol. The van der Waals surface area contributed by atoms with Gasteiger partial charge < -0.3 is 39.0 Å². The highest BCUT2D eigenvalue weighted by Gasteiger charge is 2.34. The van der Waals surface area contributed by atoms with Crippen LogP contribution < -0.4 is 30.7 Å². The molecule has 2 saturated heterocycles. The van der Waals surface area contributed by atoms with Crippen molar-refractivity contribution >= 4 is 58.0 Å². The number of carbonyl (C=O) groups is 2. The topological polar surface area (TPSA) is 157 Å². The molecule has 2 aromatic heterocycles. The molecule has 56 heavy (non-hydrogen) atoms. The summed E-state index contributed by atoms with van der Waals surface area (Å²) >= 11 is 12.5. The Hall–Kier alpha value is -4.90. The minimum absolute atomic E-state index is 0.0345. The maximum Gasteiger partial charge on any atom is 0.289 e. The Kier molecular flexibility index (Phi) is 11.7. The third-order valence-electron chi connectivity index (χ3n) is 10.2. The lowest BCUT2D eigenvalue weighted by atomic mass is 10.1. The lowest BCUT2D eigenvalue weighted by Gasteiger charge is -2.28. The summed E-state index contributed by atoms with van der Waals surface area (Å²) in [5, 5.41) is 1.25. The predicted octanol–water partition coefficient (Wildman–Crippen LogP) is 3.84. The van der Waals surface area contributed by atoms with Crippen LogP contribution in [0.4, 0.5) is 31.8 Å². The summed E-state index contributed by atoms with van der Waals surface area (Å²) in [5.74, 6) is -2.12. The van der Waals surface area contributed by atoms with Crippen molar-refractivity contribution in [2.24, 2.45) is 0 Å². The van der Waals surface area contributed by atoms with Gasteiger partial charge in [0.05, 0.1) is 39.3 Å². The molecule has 8 rings (SSSR count). The summed E-state index contributed by atoms with van der Waals surface area (Å²) in [7, 11) is 0. The third-order valence-corrected chi connectivity index (χ3v) is 10.9. The molecule has 4 aromatic rings. The van der Waals surface area contributed by atoms with Crippen molar-refractivity contribution in [2.45, 2.75) is 51.6 Å². The quantitative estimate of drug-likeness (QED) is 0.294. The molecule has 0 saturated carbocycles. The molecule has 2 unspecified atom stereocenters. The van der Waals surface area contributed by atoms with Crippen molar-refractivity contribution in [3.05, 3.63) is 102 Å². The zero-order valence-corrected chi connectivity index (χ0v) is 32.3. The van der Waals surface area contributed by atoms with E-state index in [4.69, 9.17) is 32.7 Å². The second-order valence-corrected chi connectivity index (χ2v) is 14.8. The second kappa shape index (κ2) is 16.7. The molecule has 18 heteroatoms. The number of amides is 2. The fourth-order valence-electron chi connectivity index (χ4n) is 7.54. The molecule has 0 radical (unpaired) electrons. The number of hydrogen-bond donors (Lipinski definition) is 2. The molecule has 2 N–H and O–H groups in total. The number of fused-ring (bicyclic) bond motifs is 2. The van der Waals surface area contributed by atoms with Crippen molar-refractivity contribution in [1.82, 2.24) is 19.9 Å². The smallest absolute Gasteiger partial charge is 0.289 e. The second-order valence-electron chi connectivity index (χ2n) is 14.0. The van der Waals surface area contributed by atoms with Crippen LogP contribution >= 0.6 is 23.2 Å². The van der Waals surface area contributed by atoms with Gasteiger partial charge in [-0.05, 0) is 62.1 Å². The fraction of sp³-hybridized carbons (Fsp3) is 0.421. The van der Waals surface area contributed by atoms with Crippen LogP contribution in [-0.2, 0) is 44.7 Å². The normalized spacial score (nSPS) is 19.0. The molecule has 2 fully saturated rings. The number of aromatic amines is 2. The zero-order chi connectivity index (χ0) is 39.7. The number of rotatable bonds is 6. The zero-order valence-electron chi connectivity index (χ0n) is 30.7. The number of carbonyl (C=O) groups excluding carboxylic acids is 2. The number of ether oxygens (including phenoxy) is 2. The fourth-order valence-corrected chi connectivity index (χ4v) is 8.03. The third kappa shape index (κ3) is 8.01. The SMILES string of the molecule is CC1Cc2c(Cl)cccc2N1C(=O)Cc1nc(N2CCOCC2)c(F)c(=O)[nH]1.CC1Cc2c(Cl)cccc2N1C(=O)Cc1nc(N2CCOCC2)c(F)c(=O)[nH]1. The highest BCUT2D eigenvalue weighted by atomic mass is 35.5. The minimum atomic E-state index is -0.940. The summed E-state index contributed by atoms with van der Waals surface area (Å²) in [4.78, 5) is 69.9. The van der Waals surface area contributed by atoms with Crippen molar-refractivity contribution in [2.75, 3.05) is 72.2 Å². The first-order chi connectivity index (χ1) is 26.9. The van der Waals surface area contributed by atoms with Crippen LogP contribution in [0.3, 0.4) is 0 Å². The van der Waals surface area contributed by atoms with Gasteiger partial charge in [0.2, 0.25) is 23.4 Å². The van der Waals surface area contributed by atoms with Gasteiger partial charge >= 0.3 is 0 Å². The Balaban J connectivity index is 0.000000172. The molecule has 0 aliphatic carbocycles. The van der Waals surface area contributed by atoms with E-state index in [9.17, 15) is 28.0 Å². The van der Waals surface area contributed by atoms with E-state index in [2.05, 4.69) is 19.9 Å². The molecule has 4 aliphatic rings. The largest absolute Gasteiger partial charge is 0.378 e. The number of nitrogens with zero attached hydrogens (tertiary/aromatic N) is 6. The number of aromatic nitrogens is 4. The van der Waals surface area contributed by atoms with Gasteiger partial charge in [0.15, 0.2) is 11.6 Å². The first kappa shape index (κ1) is 39.3. The van der Waals surface area contributed by atoms with Gasteiger partial charge in [0, 0.05) is 59.7 Å². The molecule has 6 heterocycles. The number of benzene rings is 2. The Morgan fingerprint density at radius 3 is 1.45 bits per heavy atom. The van der Waals surface area contributed by atoms with E-state index in [0.717, 1.165) is 22.5 Å².